The Bertz CT molecular complexity index is 476. The second kappa shape index (κ2) is 5.34. The molecule has 4 heteroatoms. The van der Waals surface area contributed by atoms with Crippen molar-refractivity contribution in [3.05, 3.63) is 52.6 Å². The van der Waals surface area contributed by atoms with Crippen LogP contribution in [0.1, 0.15) is 30.0 Å². The van der Waals surface area contributed by atoms with Crippen LogP contribution in [0.5, 0.6) is 0 Å². The highest BCUT2D eigenvalue weighted by Gasteiger charge is 2.05. The van der Waals surface area contributed by atoms with Crippen molar-refractivity contribution < 1.29 is 0 Å². The lowest BCUT2D eigenvalue weighted by atomic mass is 10.1. The number of aromatic amines is 1. The van der Waals surface area contributed by atoms with E-state index in [9.17, 15) is 0 Å². The van der Waals surface area contributed by atoms with E-state index in [0.717, 1.165) is 23.1 Å². The van der Waals surface area contributed by atoms with E-state index < -0.39 is 0 Å². The van der Waals surface area contributed by atoms with Crippen molar-refractivity contribution in [1.29, 1.82) is 0 Å². The lowest BCUT2D eigenvalue weighted by Crippen LogP contribution is -2.18. The number of aryl methyl sites for hydroxylation is 1. The number of imidazole rings is 1. The first kappa shape index (κ1) is 12.1. The largest absolute Gasteiger partial charge is 0.345 e. The number of H-pyrrole nitrogens is 1. The van der Waals surface area contributed by atoms with Gasteiger partial charge in [-0.2, -0.15) is 0 Å². The molecule has 0 aliphatic rings. The van der Waals surface area contributed by atoms with E-state index in [1.807, 2.05) is 37.4 Å². The maximum Gasteiger partial charge on any atom is 0.103 e. The first-order chi connectivity index (χ1) is 8.15. The Morgan fingerprint density at radius 2 is 2.06 bits per heavy atom. The van der Waals surface area contributed by atoms with Crippen LogP contribution in [-0.4, -0.2) is 9.97 Å². The molecule has 0 radical (unpaired) electrons. The van der Waals surface area contributed by atoms with E-state index in [2.05, 4.69) is 22.2 Å². The molecule has 1 unspecified atom stereocenters. The van der Waals surface area contributed by atoms with Crippen LogP contribution in [0.25, 0.3) is 0 Å². The zero-order valence-electron chi connectivity index (χ0n) is 10.00. The Morgan fingerprint density at radius 1 is 1.35 bits per heavy atom. The van der Waals surface area contributed by atoms with Gasteiger partial charge in [0, 0.05) is 29.5 Å². The number of hydrogen-bond acceptors (Lipinski definition) is 2. The lowest BCUT2D eigenvalue weighted by molar-refractivity contribution is 0.568. The van der Waals surface area contributed by atoms with Crippen molar-refractivity contribution in [3.8, 4) is 0 Å². The van der Waals surface area contributed by atoms with Crippen LogP contribution in [0.4, 0.5) is 0 Å². The Morgan fingerprint density at radius 3 is 2.65 bits per heavy atom. The Labute approximate surface area is 106 Å². The quantitative estimate of drug-likeness (QED) is 0.874. The Balaban J connectivity index is 1.93. The van der Waals surface area contributed by atoms with Gasteiger partial charge in [0.1, 0.15) is 5.82 Å². The fraction of sp³-hybridized carbons (Fsp3) is 0.308. The standard InChI is InChI=1S/C13H16ClN3/c1-9(11-3-5-12(14)6-4-11)15-7-13-8-16-10(2)17-13/h3-6,8-9,15H,7H2,1-2H3,(H,16,17). The minimum atomic E-state index is 0.288. The topological polar surface area (TPSA) is 40.7 Å². The summed E-state index contributed by atoms with van der Waals surface area (Å²) in [5.41, 5.74) is 2.33. The van der Waals surface area contributed by atoms with Crippen LogP contribution in [0.15, 0.2) is 30.5 Å². The van der Waals surface area contributed by atoms with Crippen molar-refractivity contribution in [3.63, 3.8) is 0 Å². The maximum absolute atomic E-state index is 5.86. The van der Waals surface area contributed by atoms with E-state index in [0.29, 0.717) is 0 Å². The first-order valence-corrected chi connectivity index (χ1v) is 6.02. The third-order valence-corrected chi connectivity index (χ3v) is 2.98. The van der Waals surface area contributed by atoms with E-state index in [1.165, 1.54) is 5.56 Å². The summed E-state index contributed by atoms with van der Waals surface area (Å²) in [5, 5.41) is 4.20. The van der Waals surface area contributed by atoms with Gasteiger partial charge in [0.05, 0.1) is 0 Å². The third kappa shape index (κ3) is 3.32. The molecule has 1 atom stereocenters. The monoisotopic (exact) mass is 249 g/mol. The van der Waals surface area contributed by atoms with E-state index in [1.54, 1.807) is 0 Å². The molecule has 17 heavy (non-hydrogen) atoms. The van der Waals surface area contributed by atoms with Crippen molar-refractivity contribution in [1.82, 2.24) is 15.3 Å². The smallest absolute Gasteiger partial charge is 0.103 e. The second-order valence-electron chi connectivity index (χ2n) is 4.15. The number of nitrogens with one attached hydrogen (secondary N) is 2. The Hall–Kier alpha value is -1.32. The average Bonchev–Trinajstić information content (AvgIpc) is 2.73. The molecule has 0 aliphatic carbocycles. The second-order valence-corrected chi connectivity index (χ2v) is 4.58. The summed E-state index contributed by atoms with van der Waals surface area (Å²) in [5.74, 6) is 0.945. The molecule has 1 aromatic carbocycles. The van der Waals surface area contributed by atoms with Crippen LogP contribution >= 0.6 is 11.6 Å². The molecular weight excluding hydrogens is 234 g/mol. The number of benzene rings is 1. The van der Waals surface area contributed by atoms with E-state index in [-0.39, 0.29) is 6.04 Å². The van der Waals surface area contributed by atoms with Crippen LogP contribution < -0.4 is 5.32 Å². The van der Waals surface area contributed by atoms with Gasteiger partial charge in [-0.15, -0.1) is 0 Å². The zero-order chi connectivity index (χ0) is 12.3. The molecule has 0 saturated carbocycles. The highest BCUT2D eigenvalue weighted by molar-refractivity contribution is 6.30. The van der Waals surface area contributed by atoms with Crippen molar-refractivity contribution in [2.75, 3.05) is 0 Å². The highest BCUT2D eigenvalue weighted by Crippen LogP contribution is 2.16. The molecule has 3 nitrogen and oxygen atoms in total. The molecule has 2 rings (SSSR count). The van der Waals surface area contributed by atoms with Crippen LogP contribution in [0, 0.1) is 6.92 Å². The van der Waals surface area contributed by atoms with Gasteiger partial charge in [-0.1, -0.05) is 23.7 Å². The predicted molar refractivity (Wildman–Crippen MR) is 70.0 cm³/mol. The van der Waals surface area contributed by atoms with Gasteiger partial charge in [0.15, 0.2) is 0 Å². The summed E-state index contributed by atoms with van der Waals surface area (Å²) in [6.07, 6.45) is 1.86. The SMILES string of the molecule is Cc1ncc(CNC(C)c2ccc(Cl)cc2)[nH]1. The van der Waals surface area contributed by atoms with Crippen LogP contribution in [0.2, 0.25) is 5.02 Å². The highest BCUT2D eigenvalue weighted by atomic mass is 35.5. The van der Waals surface area contributed by atoms with Crippen molar-refractivity contribution in [2.24, 2.45) is 0 Å². The molecule has 0 bridgehead atoms. The fourth-order valence-corrected chi connectivity index (χ4v) is 1.82. The minimum absolute atomic E-state index is 0.288. The molecule has 0 amide bonds. The molecule has 1 heterocycles. The molecule has 0 saturated heterocycles. The van der Waals surface area contributed by atoms with E-state index >= 15 is 0 Å². The normalized spacial score (nSPS) is 12.6. The molecule has 0 fully saturated rings. The van der Waals surface area contributed by atoms with Crippen LogP contribution in [-0.2, 0) is 6.54 Å². The van der Waals surface area contributed by atoms with Gasteiger partial charge >= 0.3 is 0 Å². The number of rotatable bonds is 4. The van der Waals surface area contributed by atoms with Gasteiger partial charge in [-0.3, -0.25) is 0 Å². The van der Waals surface area contributed by atoms with Crippen molar-refractivity contribution >= 4 is 11.6 Å². The van der Waals surface area contributed by atoms with E-state index in [4.69, 9.17) is 11.6 Å². The third-order valence-electron chi connectivity index (χ3n) is 2.72. The molecule has 2 aromatic rings. The predicted octanol–water partition coefficient (Wildman–Crippen LogP) is 3.22. The summed E-state index contributed by atoms with van der Waals surface area (Å²) in [6.45, 7) is 4.86. The van der Waals surface area contributed by atoms with Gasteiger partial charge in [0.25, 0.3) is 0 Å². The fourth-order valence-electron chi connectivity index (χ4n) is 1.69. The summed E-state index contributed by atoms with van der Waals surface area (Å²) in [4.78, 5) is 7.36. The number of nitrogens with zero attached hydrogens (tertiary/aromatic N) is 1. The summed E-state index contributed by atoms with van der Waals surface area (Å²) < 4.78 is 0. The minimum Gasteiger partial charge on any atom is -0.345 e. The van der Waals surface area contributed by atoms with Gasteiger partial charge in [-0.05, 0) is 31.5 Å². The van der Waals surface area contributed by atoms with Gasteiger partial charge in [-0.25, -0.2) is 4.98 Å². The van der Waals surface area contributed by atoms with Gasteiger partial charge < -0.3 is 10.3 Å². The first-order valence-electron chi connectivity index (χ1n) is 5.64. The van der Waals surface area contributed by atoms with Crippen molar-refractivity contribution in [2.45, 2.75) is 26.4 Å². The zero-order valence-corrected chi connectivity index (χ0v) is 10.8. The lowest BCUT2D eigenvalue weighted by Gasteiger charge is -2.13. The number of aromatic nitrogens is 2. The molecule has 1 aromatic heterocycles. The summed E-state index contributed by atoms with van der Waals surface area (Å²) in [7, 11) is 0. The Kier molecular flexibility index (Phi) is 3.82. The molecular formula is C13H16ClN3. The van der Waals surface area contributed by atoms with Gasteiger partial charge in [0.2, 0.25) is 0 Å². The summed E-state index contributed by atoms with van der Waals surface area (Å²) in [6, 6.07) is 8.19. The van der Waals surface area contributed by atoms with Crippen LogP contribution in [0.3, 0.4) is 0 Å². The molecule has 0 aliphatic heterocycles. The average molecular weight is 250 g/mol. The summed E-state index contributed by atoms with van der Waals surface area (Å²) >= 11 is 5.86. The maximum atomic E-state index is 5.86. The number of halogens is 1. The molecule has 2 N–H and O–H groups in total. The molecule has 0 spiro atoms. The molecule has 90 valence electrons. The number of hydrogen-bond donors (Lipinski definition) is 2.